The van der Waals surface area contributed by atoms with Gasteiger partial charge in [0, 0.05) is 11.1 Å². The van der Waals surface area contributed by atoms with Crippen molar-refractivity contribution in [3.8, 4) is 22.6 Å². The van der Waals surface area contributed by atoms with Gasteiger partial charge in [-0.25, -0.2) is 13.2 Å². The summed E-state index contributed by atoms with van der Waals surface area (Å²) in [5.41, 5.74) is 1.13. The second kappa shape index (κ2) is 11.8. The molecular formula is C30H27F5O3. The number of carbonyl (C=O) groups is 1. The Bertz CT molecular complexity index is 1380. The molecule has 0 spiro atoms. The van der Waals surface area contributed by atoms with Gasteiger partial charge in [-0.15, -0.1) is 0 Å². The molecule has 3 aromatic rings. The van der Waals surface area contributed by atoms with E-state index in [0.717, 1.165) is 12.0 Å². The maximum atomic E-state index is 15.0. The lowest BCUT2D eigenvalue weighted by Gasteiger charge is -2.21. The van der Waals surface area contributed by atoms with Crippen LogP contribution in [0.3, 0.4) is 0 Å². The topological polar surface area (TPSA) is 35.5 Å². The zero-order valence-corrected chi connectivity index (χ0v) is 21.1. The minimum absolute atomic E-state index is 0.0875. The van der Waals surface area contributed by atoms with Crippen LogP contribution in [0.4, 0.5) is 22.0 Å². The maximum Gasteiger partial charge on any atom is 0.314 e. The number of hydrogen-bond donors (Lipinski definition) is 0. The van der Waals surface area contributed by atoms with Crippen LogP contribution in [0, 0.1) is 41.9 Å². The summed E-state index contributed by atoms with van der Waals surface area (Å²) in [5, 5.41) is 0. The molecule has 1 aliphatic carbocycles. The number of carbonyl (C=O) groups excluding carboxylic acids is 1. The SMILES string of the molecule is CCCCOc1ccc(-c2ccc(C3=CCC(C(=O)Oc4ccc(C)c(F)c4F)CC3)cc2F)c(F)c1F. The largest absolute Gasteiger partial charge is 0.490 e. The first-order chi connectivity index (χ1) is 18.2. The van der Waals surface area contributed by atoms with Crippen molar-refractivity contribution in [2.75, 3.05) is 6.61 Å². The van der Waals surface area contributed by atoms with Crippen LogP contribution >= 0.6 is 0 Å². The van der Waals surface area contributed by atoms with Crippen LogP contribution in [0.1, 0.15) is 50.2 Å². The molecule has 1 unspecified atom stereocenters. The van der Waals surface area contributed by atoms with Gasteiger partial charge >= 0.3 is 5.97 Å². The van der Waals surface area contributed by atoms with Crippen molar-refractivity contribution < 1.29 is 36.2 Å². The van der Waals surface area contributed by atoms with E-state index >= 15 is 4.39 Å². The average Bonchev–Trinajstić information content (AvgIpc) is 2.92. The van der Waals surface area contributed by atoms with Gasteiger partial charge < -0.3 is 9.47 Å². The molecule has 0 bridgehead atoms. The molecule has 3 nitrogen and oxygen atoms in total. The Morgan fingerprint density at radius 3 is 2.29 bits per heavy atom. The molecule has 0 N–H and O–H groups in total. The smallest absolute Gasteiger partial charge is 0.314 e. The molecule has 0 amide bonds. The van der Waals surface area contributed by atoms with Crippen LogP contribution in [0.25, 0.3) is 16.7 Å². The number of rotatable bonds is 8. The summed E-state index contributed by atoms with van der Waals surface area (Å²) in [7, 11) is 0. The highest BCUT2D eigenvalue weighted by atomic mass is 19.2. The quantitative estimate of drug-likeness (QED) is 0.127. The lowest BCUT2D eigenvalue weighted by molar-refractivity contribution is -0.139. The number of benzene rings is 3. The summed E-state index contributed by atoms with van der Waals surface area (Å²) in [6.07, 6.45) is 4.35. The van der Waals surface area contributed by atoms with Gasteiger partial charge in [0.25, 0.3) is 0 Å². The fraction of sp³-hybridized carbons (Fsp3) is 0.300. The Labute approximate surface area is 217 Å². The minimum atomic E-state index is -1.21. The predicted molar refractivity (Wildman–Crippen MR) is 134 cm³/mol. The van der Waals surface area contributed by atoms with E-state index in [1.165, 1.54) is 43.3 Å². The first kappa shape index (κ1) is 27.4. The van der Waals surface area contributed by atoms with E-state index in [1.54, 1.807) is 12.1 Å². The lowest BCUT2D eigenvalue weighted by Crippen LogP contribution is -2.22. The molecule has 0 aromatic heterocycles. The third-order valence-corrected chi connectivity index (χ3v) is 6.63. The van der Waals surface area contributed by atoms with Crippen LogP contribution in [-0.4, -0.2) is 12.6 Å². The van der Waals surface area contributed by atoms with Crippen molar-refractivity contribution in [2.24, 2.45) is 5.92 Å². The van der Waals surface area contributed by atoms with Crippen LogP contribution in [0.2, 0.25) is 0 Å². The van der Waals surface area contributed by atoms with Gasteiger partial charge in [0.1, 0.15) is 5.82 Å². The molecule has 0 radical (unpaired) electrons. The summed E-state index contributed by atoms with van der Waals surface area (Å²) >= 11 is 0. The molecule has 0 saturated carbocycles. The van der Waals surface area contributed by atoms with Crippen molar-refractivity contribution in [1.29, 1.82) is 0 Å². The Morgan fingerprint density at radius 2 is 1.61 bits per heavy atom. The van der Waals surface area contributed by atoms with E-state index in [0.29, 0.717) is 24.8 Å². The molecule has 1 atom stereocenters. The summed E-state index contributed by atoms with van der Waals surface area (Å²) in [5.74, 6) is -7.27. The summed E-state index contributed by atoms with van der Waals surface area (Å²) in [6, 6.07) is 9.35. The summed E-state index contributed by atoms with van der Waals surface area (Å²) in [6.45, 7) is 3.61. The minimum Gasteiger partial charge on any atom is -0.490 e. The summed E-state index contributed by atoms with van der Waals surface area (Å²) in [4.78, 5) is 12.5. The number of unbranched alkanes of at least 4 members (excludes halogenated alkanes) is 1. The summed E-state index contributed by atoms with van der Waals surface area (Å²) < 4.78 is 82.3. The second-order valence-corrected chi connectivity index (χ2v) is 9.27. The fourth-order valence-electron chi connectivity index (χ4n) is 4.32. The third kappa shape index (κ3) is 5.74. The highest BCUT2D eigenvalue weighted by molar-refractivity contribution is 5.78. The Morgan fingerprint density at radius 1 is 0.895 bits per heavy atom. The molecule has 4 rings (SSSR count). The van der Waals surface area contributed by atoms with Crippen LogP contribution in [0.5, 0.6) is 11.5 Å². The zero-order chi connectivity index (χ0) is 27.4. The third-order valence-electron chi connectivity index (χ3n) is 6.63. The number of ether oxygens (including phenoxy) is 2. The highest BCUT2D eigenvalue weighted by Crippen LogP contribution is 2.36. The number of esters is 1. The lowest BCUT2D eigenvalue weighted by atomic mass is 9.86. The molecule has 1 aliphatic rings. The van der Waals surface area contributed by atoms with Crippen LogP contribution in [0.15, 0.2) is 48.5 Å². The molecule has 200 valence electrons. The van der Waals surface area contributed by atoms with Crippen LogP contribution in [-0.2, 0) is 4.79 Å². The first-order valence-corrected chi connectivity index (χ1v) is 12.5. The molecule has 0 aliphatic heterocycles. The molecule has 0 fully saturated rings. The van der Waals surface area contributed by atoms with Crippen molar-refractivity contribution >= 4 is 11.5 Å². The highest BCUT2D eigenvalue weighted by Gasteiger charge is 2.26. The van der Waals surface area contributed by atoms with Crippen molar-refractivity contribution in [2.45, 2.75) is 46.0 Å². The number of allylic oxidation sites excluding steroid dienone is 2. The van der Waals surface area contributed by atoms with E-state index < -0.39 is 46.7 Å². The van der Waals surface area contributed by atoms with Gasteiger partial charge in [-0.2, -0.15) is 8.78 Å². The zero-order valence-electron chi connectivity index (χ0n) is 21.1. The van der Waals surface area contributed by atoms with E-state index in [9.17, 15) is 22.4 Å². The van der Waals surface area contributed by atoms with Gasteiger partial charge in [-0.1, -0.05) is 37.6 Å². The Kier molecular flexibility index (Phi) is 8.49. The molecule has 3 aromatic carbocycles. The van der Waals surface area contributed by atoms with E-state index in [1.807, 2.05) is 6.92 Å². The van der Waals surface area contributed by atoms with Crippen molar-refractivity contribution in [3.63, 3.8) is 0 Å². The normalized spacial score (nSPS) is 15.2. The molecule has 0 heterocycles. The predicted octanol–water partition coefficient (Wildman–Crippen LogP) is 8.33. The monoisotopic (exact) mass is 530 g/mol. The molecule has 38 heavy (non-hydrogen) atoms. The molecule has 8 heteroatoms. The Balaban J connectivity index is 1.46. The van der Waals surface area contributed by atoms with Gasteiger partial charge in [0.05, 0.1) is 12.5 Å². The average molecular weight is 531 g/mol. The Hall–Kier alpha value is -3.68. The second-order valence-electron chi connectivity index (χ2n) is 9.27. The standard InChI is InChI=1S/C30H27F5O3/c1-3-4-15-37-24-14-12-22(27(33)28(24)34)21-11-10-20(16-23(21)31)18-6-8-19(9-7-18)30(36)38-25-13-5-17(2)26(32)29(25)35/h5-6,10-14,16,19H,3-4,7-9,15H2,1-2H3. The van der Waals surface area contributed by atoms with Crippen molar-refractivity contribution in [1.82, 2.24) is 0 Å². The van der Waals surface area contributed by atoms with E-state index in [4.69, 9.17) is 9.47 Å². The molecule has 0 saturated heterocycles. The number of hydrogen-bond acceptors (Lipinski definition) is 3. The maximum absolute atomic E-state index is 15.0. The van der Waals surface area contributed by atoms with Crippen molar-refractivity contribution in [3.05, 3.63) is 88.8 Å². The van der Waals surface area contributed by atoms with E-state index in [-0.39, 0.29) is 35.5 Å². The number of halogens is 5. The van der Waals surface area contributed by atoms with E-state index in [2.05, 4.69) is 0 Å². The fourth-order valence-corrected chi connectivity index (χ4v) is 4.32. The van der Waals surface area contributed by atoms with Gasteiger partial charge in [0.15, 0.2) is 23.1 Å². The van der Waals surface area contributed by atoms with Gasteiger partial charge in [0.2, 0.25) is 11.6 Å². The molecular weight excluding hydrogens is 503 g/mol. The van der Waals surface area contributed by atoms with Crippen LogP contribution < -0.4 is 9.47 Å². The number of aryl methyl sites for hydroxylation is 1. The first-order valence-electron chi connectivity index (χ1n) is 12.5. The van der Waals surface area contributed by atoms with Gasteiger partial charge in [-0.05, 0) is 73.6 Å². The van der Waals surface area contributed by atoms with Gasteiger partial charge in [-0.3, -0.25) is 4.79 Å².